The number of aromatic nitrogens is 2. The number of nitrogens with one attached hydrogen (secondary N) is 1. The molecule has 1 heterocycles. The molecule has 122 valence electrons. The molecule has 5 heteroatoms. The van der Waals surface area contributed by atoms with Crippen molar-refractivity contribution in [2.75, 3.05) is 13.2 Å². The summed E-state index contributed by atoms with van der Waals surface area (Å²) < 4.78 is 11.0. The van der Waals surface area contributed by atoms with Crippen LogP contribution in [0.2, 0.25) is 0 Å². The smallest absolute Gasteiger partial charge is 0.228 e. The van der Waals surface area contributed by atoms with Gasteiger partial charge >= 0.3 is 0 Å². The summed E-state index contributed by atoms with van der Waals surface area (Å²) in [7, 11) is 0. The van der Waals surface area contributed by atoms with Gasteiger partial charge in [0.25, 0.3) is 0 Å². The van der Waals surface area contributed by atoms with Crippen molar-refractivity contribution in [1.29, 1.82) is 0 Å². The highest BCUT2D eigenvalue weighted by Crippen LogP contribution is 2.23. The van der Waals surface area contributed by atoms with Crippen molar-refractivity contribution in [3.8, 4) is 0 Å². The zero-order valence-corrected chi connectivity index (χ0v) is 14.4. The maximum atomic E-state index is 5.63. The number of nitrogens with zero attached hydrogens (tertiary/aromatic N) is 2. The Bertz CT molecular complexity index is 398. The molecule has 0 bridgehead atoms. The first-order valence-corrected chi connectivity index (χ1v) is 8.09. The molecule has 1 rings (SSSR count). The van der Waals surface area contributed by atoms with Crippen molar-refractivity contribution in [2.45, 2.75) is 73.0 Å². The summed E-state index contributed by atoms with van der Waals surface area (Å²) in [5.41, 5.74) is 0.147. The molecular weight excluding hydrogens is 266 g/mol. The van der Waals surface area contributed by atoms with Crippen molar-refractivity contribution < 1.29 is 9.26 Å². The molecule has 0 radical (unpaired) electrons. The molecule has 1 N–H and O–H groups in total. The van der Waals surface area contributed by atoms with Crippen LogP contribution < -0.4 is 5.32 Å². The van der Waals surface area contributed by atoms with Crippen molar-refractivity contribution in [1.82, 2.24) is 15.5 Å². The summed E-state index contributed by atoms with van der Waals surface area (Å²) in [5, 5.41) is 7.66. The third-order valence-corrected chi connectivity index (χ3v) is 3.58. The van der Waals surface area contributed by atoms with Crippen LogP contribution in [-0.2, 0) is 11.2 Å². The molecular formula is C16H31N3O2. The maximum Gasteiger partial charge on any atom is 0.228 e. The van der Waals surface area contributed by atoms with Crippen molar-refractivity contribution in [3.63, 3.8) is 0 Å². The fourth-order valence-electron chi connectivity index (χ4n) is 2.24. The van der Waals surface area contributed by atoms with Crippen LogP contribution in [0.3, 0.4) is 0 Å². The van der Waals surface area contributed by atoms with Gasteiger partial charge in [-0.3, -0.25) is 0 Å². The van der Waals surface area contributed by atoms with Gasteiger partial charge in [-0.25, -0.2) is 0 Å². The van der Waals surface area contributed by atoms with Gasteiger partial charge in [-0.2, -0.15) is 4.98 Å². The minimum absolute atomic E-state index is 0.0656. The predicted octanol–water partition coefficient (Wildman–Crippen LogP) is 3.51. The average molecular weight is 297 g/mol. The van der Waals surface area contributed by atoms with E-state index in [1.54, 1.807) is 0 Å². The van der Waals surface area contributed by atoms with E-state index in [4.69, 9.17) is 9.26 Å². The molecule has 0 aromatic carbocycles. The van der Waals surface area contributed by atoms with E-state index >= 15 is 0 Å². The van der Waals surface area contributed by atoms with Gasteiger partial charge in [-0.15, -0.1) is 0 Å². The highest BCUT2D eigenvalue weighted by atomic mass is 16.5. The summed E-state index contributed by atoms with van der Waals surface area (Å²) >= 11 is 0. The standard InChI is InChI=1S/C16H31N3O2/c1-7-10-17-13(16(4,5)6)11-14-18-15(19-21-14)12(8-2)20-9-3/h12-13,17H,7-11H2,1-6H3. The Hall–Kier alpha value is -0.940. The number of ether oxygens (including phenoxy) is 1. The van der Waals surface area contributed by atoms with Crippen LogP contribution in [0.1, 0.15) is 72.2 Å². The summed E-state index contributed by atoms with van der Waals surface area (Å²) in [5.74, 6) is 1.35. The van der Waals surface area contributed by atoms with E-state index in [2.05, 4.69) is 50.1 Å². The molecule has 0 saturated carbocycles. The highest BCUT2D eigenvalue weighted by molar-refractivity contribution is 4.95. The molecule has 2 unspecified atom stereocenters. The highest BCUT2D eigenvalue weighted by Gasteiger charge is 2.27. The zero-order valence-electron chi connectivity index (χ0n) is 14.4. The Morgan fingerprint density at radius 3 is 2.48 bits per heavy atom. The Balaban J connectivity index is 2.74. The van der Waals surface area contributed by atoms with E-state index in [0.717, 1.165) is 25.8 Å². The molecule has 21 heavy (non-hydrogen) atoms. The van der Waals surface area contributed by atoms with Crippen LogP contribution in [0.4, 0.5) is 0 Å². The van der Waals surface area contributed by atoms with Crippen molar-refractivity contribution >= 4 is 0 Å². The Kier molecular flexibility index (Phi) is 7.32. The second-order valence-electron chi connectivity index (χ2n) is 6.48. The van der Waals surface area contributed by atoms with Crippen molar-refractivity contribution in [2.24, 2.45) is 5.41 Å². The molecule has 1 aromatic heterocycles. The Labute approximate surface area is 128 Å². The molecule has 0 aliphatic rings. The first-order valence-electron chi connectivity index (χ1n) is 8.09. The zero-order chi connectivity index (χ0) is 15.9. The lowest BCUT2D eigenvalue weighted by atomic mass is 9.84. The third-order valence-electron chi connectivity index (χ3n) is 3.58. The molecule has 1 aromatic rings. The number of hydrogen-bond donors (Lipinski definition) is 1. The number of rotatable bonds is 9. The van der Waals surface area contributed by atoms with Crippen LogP contribution in [0, 0.1) is 5.41 Å². The quantitative estimate of drug-likeness (QED) is 0.755. The lowest BCUT2D eigenvalue weighted by Crippen LogP contribution is -2.42. The largest absolute Gasteiger partial charge is 0.370 e. The molecule has 0 aliphatic heterocycles. The topological polar surface area (TPSA) is 60.2 Å². The minimum Gasteiger partial charge on any atom is -0.370 e. The van der Waals surface area contributed by atoms with E-state index in [0.29, 0.717) is 24.4 Å². The summed E-state index contributed by atoms with van der Waals surface area (Å²) in [6, 6.07) is 0.318. The number of hydrogen-bond acceptors (Lipinski definition) is 5. The monoisotopic (exact) mass is 297 g/mol. The molecule has 0 amide bonds. The van der Waals surface area contributed by atoms with Crippen LogP contribution in [0.15, 0.2) is 4.52 Å². The van der Waals surface area contributed by atoms with E-state index in [9.17, 15) is 0 Å². The van der Waals surface area contributed by atoms with E-state index < -0.39 is 0 Å². The average Bonchev–Trinajstić information content (AvgIpc) is 2.87. The van der Waals surface area contributed by atoms with Crippen molar-refractivity contribution in [3.05, 3.63) is 11.7 Å². The second-order valence-corrected chi connectivity index (χ2v) is 6.48. The van der Waals surface area contributed by atoms with Gasteiger partial charge in [0, 0.05) is 19.1 Å². The molecule has 2 atom stereocenters. The predicted molar refractivity (Wildman–Crippen MR) is 84.2 cm³/mol. The van der Waals surface area contributed by atoms with E-state index in [-0.39, 0.29) is 11.5 Å². The van der Waals surface area contributed by atoms with Crippen LogP contribution in [-0.4, -0.2) is 29.3 Å². The van der Waals surface area contributed by atoms with Gasteiger partial charge in [0.1, 0.15) is 6.10 Å². The van der Waals surface area contributed by atoms with Gasteiger partial charge in [0.05, 0.1) is 0 Å². The van der Waals surface area contributed by atoms with E-state index in [1.807, 2.05) is 6.92 Å². The first-order chi connectivity index (χ1) is 9.92. The Morgan fingerprint density at radius 2 is 1.95 bits per heavy atom. The van der Waals surface area contributed by atoms with Gasteiger partial charge in [-0.05, 0) is 31.7 Å². The fraction of sp³-hybridized carbons (Fsp3) is 0.875. The van der Waals surface area contributed by atoms with Gasteiger partial charge in [0.2, 0.25) is 11.7 Å². The normalized spacial score (nSPS) is 15.1. The molecule has 0 fully saturated rings. The third kappa shape index (κ3) is 5.75. The van der Waals surface area contributed by atoms with Gasteiger partial charge in [0.15, 0.2) is 0 Å². The minimum atomic E-state index is -0.0656. The second kappa shape index (κ2) is 8.49. The Morgan fingerprint density at radius 1 is 1.24 bits per heavy atom. The maximum absolute atomic E-state index is 5.63. The molecule has 0 spiro atoms. The van der Waals surface area contributed by atoms with Crippen LogP contribution in [0.5, 0.6) is 0 Å². The summed E-state index contributed by atoms with van der Waals surface area (Å²) in [4.78, 5) is 4.52. The van der Waals surface area contributed by atoms with Crippen LogP contribution >= 0.6 is 0 Å². The summed E-state index contributed by atoms with van der Waals surface area (Å²) in [6.45, 7) is 14.6. The molecule has 0 saturated heterocycles. The molecule has 5 nitrogen and oxygen atoms in total. The SMILES string of the molecule is CCCNC(Cc1nc(C(CC)OCC)no1)C(C)(C)C. The molecule has 0 aliphatic carbocycles. The van der Waals surface area contributed by atoms with E-state index in [1.165, 1.54) is 0 Å². The lowest BCUT2D eigenvalue weighted by Gasteiger charge is -2.30. The first kappa shape index (κ1) is 18.1. The van der Waals surface area contributed by atoms with Crippen LogP contribution in [0.25, 0.3) is 0 Å². The lowest BCUT2D eigenvalue weighted by molar-refractivity contribution is 0.0518. The van der Waals surface area contributed by atoms with Gasteiger partial charge < -0.3 is 14.6 Å². The summed E-state index contributed by atoms with van der Waals surface area (Å²) in [6.07, 6.45) is 2.65. The fourth-order valence-corrected chi connectivity index (χ4v) is 2.24. The van der Waals surface area contributed by atoms with Gasteiger partial charge in [-0.1, -0.05) is 39.8 Å².